The Kier molecular flexibility index (Phi) is 4.20. The largest absolute Gasteiger partial charge is 0.492 e. The molecule has 0 bridgehead atoms. The van der Waals surface area contributed by atoms with Crippen molar-refractivity contribution in [1.82, 2.24) is 5.32 Å². The lowest BCUT2D eigenvalue weighted by atomic mass is 10.1. The molecule has 1 atom stereocenters. The van der Waals surface area contributed by atoms with Gasteiger partial charge in [0.15, 0.2) is 0 Å². The molecule has 1 unspecified atom stereocenters. The monoisotopic (exact) mass is 215 g/mol. The van der Waals surface area contributed by atoms with E-state index in [4.69, 9.17) is 9.84 Å². The molecule has 0 saturated heterocycles. The number of ether oxygens (including phenoxy) is 1. The van der Waals surface area contributed by atoms with Gasteiger partial charge in [0.1, 0.15) is 12.4 Å². The highest BCUT2D eigenvalue weighted by Crippen LogP contribution is 2.26. The van der Waals surface area contributed by atoms with Crippen LogP contribution in [0, 0.1) is 0 Å². The van der Waals surface area contributed by atoms with Crippen molar-refractivity contribution in [2.24, 2.45) is 0 Å². The second kappa shape index (κ2) is 5.20. The maximum atomic E-state index is 9.14. The zero-order valence-electron chi connectivity index (χ0n) is 7.77. The quantitative estimate of drug-likeness (QED) is 0.738. The van der Waals surface area contributed by atoms with E-state index in [0.29, 0.717) is 6.61 Å². The summed E-state index contributed by atoms with van der Waals surface area (Å²) in [5.74, 6) is 0.881. The van der Waals surface area contributed by atoms with Gasteiger partial charge in [-0.15, -0.1) is 12.4 Å². The summed E-state index contributed by atoms with van der Waals surface area (Å²) < 4.78 is 5.51. The van der Waals surface area contributed by atoms with Crippen LogP contribution in [0.2, 0.25) is 0 Å². The molecule has 0 spiro atoms. The van der Waals surface area contributed by atoms with Gasteiger partial charge in [-0.3, -0.25) is 0 Å². The minimum Gasteiger partial charge on any atom is -0.492 e. The van der Waals surface area contributed by atoms with E-state index in [1.807, 2.05) is 24.3 Å². The van der Waals surface area contributed by atoms with Crippen molar-refractivity contribution in [2.75, 3.05) is 19.8 Å². The summed E-state index contributed by atoms with van der Waals surface area (Å²) in [4.78, 5) is 0. The second-order valence-electron chi connectivity index (χ2n) is 3.08. The zero-order valence-corrected chi connectivity index (χ0v) is 8.59. The van der Waals surface area contributed by atoms with Crippen molar-refractivity contribution in [3.8, 4) is 5.75 Å². The molecule has 1 aromatic rings. The molecule has 0 radical (unpaired) electrons. The number of para-hydroxylation sites is 1. The van der Waals surface area contributed by atoms with Crippen LogP contribution in [0.15, 0.2) is 24.3 Å². The molecule has 0 saturated carbocycles. The van der Waals surface area contributed by atoms with E-state index in [1.54, 1.807) is 0 Å². The Morgan fingerprint density at radius 2 is 2.21 bits per heavy atom. The van der Waals surface area contributed by atoms with E-state index >= 15 is 0 Å². The molecule has 1 aromatic carbocycles. The molecule has 1 aliphatic heterocycles. The highest BCUT2D eigenvalue weighted by atomic mass is 35.5. The topological polar surface area (TPSA) is 41.5 Å². The maximum Gasteiger partial charge on any atom is 0.124 e. The van der Waals surface area contributed by atoms with Gasteiger partial charge >= 0.3 is 0 Å². The van der Waals surface area contributed by atoms with Crippen LogP contribution in [0.3, 0.4) is 0 Å². The molecule has 2 rings (SSSR count). The zero-order chi connectivity index (χ0) is 9.10. The van der Waals surface area contributed by atoms with Gasteiger partial charge in [-0.2, -0.15) is 0 Å². The molecule has 78 valence electrons. The molecule has 0 amide bonds. The molecular weight excluding hydrogens is 202 g/mol. The number of aliphatic hydroxyl groups excluding tert-OH is 1. The number of benzene rings is 1. The average molecular weight is 216 g/mol. The van der Waals surface area contributed by atoms with E-state index in [2.05, 4.69) is 5.32 Å². The van der Waals surface area contributed by atoms with Gasteiger partial charge in [-0.1, -0.05) is 18.2 Å². The van der Waals surface area contributed by atoms with E-state index in [-0.39, 0.29) is 25.1 Å². The van der Waals surface area contributed by atoms with E-state index < -0.39 is 0 Å². The summed E-state index contributed by atoms with van der Waals surface area (Å²) in [7, 11) is 0. The highest BCUT2D eigenvalue weighted by Gasteiger charge is 2.17. The van der Waals surface area contributed by atoms with E-state index in [0.717, 1.165) is 17.9 Å². The third-order valence-electron chi connectivity index (χ3n) is 2.23. The van der Waals surface area contributed by atoms with Crippen LogP contribution >= 0.6 is 12.4 Å². The van der Waals surface area contributed by atoms with Crippen LogP contribution in [0.4, 0.5) is 0 Å². The number of rotatable bonds is 1. The number of halogens is 1. The van der Waals surface area contributed by atoms with Crippen LogP contribution < -0.4 is 10.1 Å². The van der Waals surface area contributed by atoms with Gasteiger partial charge in [0.25, 0.3) is 0 Å². The first-order chi connectivity index (χ1) is 6.42. The third kappa shape index (κ3) is 2.18. The third-order valence-corrected chi connectivity index (χ3v) is 2.23. The molecule has 3 nitrogen and oxygen atoms in total. The van der Waals surface area contributed by atoms with Crippen LogP contribution in [0.5, 0.6) is 5.75 Å². The van der Waals surface area contributed by atoms with Crippen LogP contribution in [-0.4, -0.2) is 24.9 Å². The van der Waals surface area contributed by atoms with Crippen molar-refractivity contribution in [3.63, 3.8) is 0 Å². The Labute approximate surface area is 89.5 Å². The number of fused-ring (bicyclic) bond motifs is 1. The van der Waals surface area contributed by atoms with Crippen molar-refractivity contribution >= 4 is 12.4 Å². The molecule has 0 fully saturated rings. The lowest BCUT2D eigenvalue weighted by molar-refractivity contribution is 0.245. The molecule has 4 heteroatoms. The first-order valence-corrected chi connectivity index (χ1v) is 4.48. The summed E-state index contributed by atoms with van der Waals surface area (Å²) in [5.41, 5.74) is 1.04. The molecule has 1 heterocycles. The lowest BCUT2D eigenvalue weighted by Crippen LogP contribution is -2.25. The Morgan fingerprint density at radius 3 is 3.00 bits per heavy atom. The highest BCUT2D eigenvalue weighted by molar-refractivity contribution is 5.85. The Balaban J connectivity index is 0.000000980. The van der Waals surface area contributed by atoms with Gasteiger partial charge in [0, 0.05) is 12.1 Å². The molecule has 14 heavy (non-hydrogen) atoms. The van der Waals surface area contributed by atoms with Crippen molar-refractivity contribution in [2.45, 2.75) is 6.04 Å². The van der Waals surface area contributed by atoms with E-state index in [9.17, 15) is 0 Å². The lowest BCUT2D eigenvalue weighted by Gasteiger charge is -2.13. The first-order valence-electron chi connectivity index (χ1n) is 4.48. The number of hydrogen-bond acceptors (Lipinski definition) is 3. The predicted molar refractivity (Wildman–Crippen MR) is 57.0 cm³/mol. The molecule has 0 aliphatic carbocycles. The van der Waals surface area contributed by atoms with Gasteiger partial charge in [0.2, 0.25) is 0 Å². The SMILES string of the molecule is Cl.OCC1NCCOc2ccccc21. The van der Waals surface area contributed by atoms with Gasteiger partial charge < -0.3 is 15.2 Å². The Hall–Kier alpha value is -0.770. The van der Waals surface area contributed by atoms with Crippen LogP contribution in [-0.2, 0) is 0 Å². The summed E-state index contributed by atoms with van der Waals surface area (Å²) in [5, 5.41) is 12.4. The van der Waals surface area contributed by atoms with Crippen molar-refractivity contribution in [3.05, 3.63) is 29.8 Å². The van der Waals surface area contributed by atoms with Gasteiger partial charge in [-0.25, -0.2) is 0 Å². The molecule has 0 aromatic heterocycles. The molecule has 1 aliphatic rings. The fourth-order valence-corrected chi connectivity index (χ4v) is 1.57. The van der Waals surface area contributed by atoms with Crippen LogP contribution in [0.25, 0.3) is 0 Å². The number of aliphatic hydroxyl groups is 1. The molecule has 2 N–H and O–H groups in total. The maximum absolute atomic E-state index is 9.14. The average Bonchev–Trinajstić information content (AvgIpc) is 2.39. The van der Waals surface area contributed by atoms with Crippen LogP contribution in [0.1, 0.15) is 11.6 Å². The first kappa shape index (κ1) is 11.3. The Bertz CT molecular complexity index is 293. The molecular formula is C10H14ClNO2. The van der Waals surface area contributed by atoms with Crippen molar-refractivity contribution in [1.29, 1.82) is 0 Å². The number of hydrogen-bond donors (Lipinski definition) is 2. The minimum absolute atomic E-state index is 0. The summed E-state index contributed by atoms with van der Waals surface area (Å²) in [6.07, 6.45) is 0. The summed E-state index contributed by atoms with van der Waals surface area (Å²) in [6.45, 7) is 1.55. The van der Waals surface area contributed by atoms with E-state index in [1.165, 1.54) is 0 Å². The second-order valence-corrected chi connectivity index (χ2v) is 3.08. The standard InChI is InChI=1S/C10H13NO2.ClH/c12-7-9-8-3-1-2-4-10(8)13-6-5-11-9;/h1-4,9,11-12H,5-7H2;1H. The summed E-state index contributed by atoms with van der Waals surface area (Å²) in [6, 6.07) is 7.83. The minimum atomic E-state index is 0. The predicted octanol–water partition coefficient (Wildman–Crippen LogP) is 1.12. The van der Waals surface area contributed by atoms with Crippen molar-refractivity contribution < 1.29 is 9.84 Å². The van der Waals surface area contributed by atoms with Gasteiger partial charge in [0.05, 0.1) is 12.6 Å². The normalized spacial score (nSPS) is 19.9. The number of nitrogens with one attached hydrogen (secondary N) is 1. The fourth-order valence-electron chi connectivity index (χ4n) is 1.57. The summed E-state index contributed by atoms with van der Waals surface area (Å²) >= 11 is 0. The Morgan fingerprint density at radius 1 is 1.43 bits per heavy atom. The smallest absolute Gasteiger partial charge is 0.124 e. The fraction of sp³-hybridized carbons (Fsp3) is 0.400. The van der Waals surface area contributed by atoms with Gasteiger partial charge in [-0.05, 0) is 6.07 Å².